The van der Waals surface area contributed by atoms with Gasteiger partial charge in [-0.1, -0.05) is 36.4 Å². The first kappa shape index (κ1) is 17.6. The van der Waals surface area contributed by atoms with E-state index < -0.39 is 43.2 Å². The molecule has 4 N–H and O–H groups in total. The quantitative estimate of drug-likeness (QED) is 0.628. The van der Waals surface area contributed by atoms with Gasteiger partial charge in [0, 0.05) is 12.3 Å². The fourth-order valence-electron chi connectivity index (χ4n) is 2.99. The SMILES string of the molecule is CC(=O)N[C@@H]1[C@H](Oc2cccc3ccccc23)O[C@H](CO)[C@@H](O)[C@H]1O. The van der Waals surface area contributed by atoms with Gasteiger partial charge in [0.25, 0.3) is 0 Å². The van der Waals surface area contributed by atoms with Crippen LogP contribution in [0.3, 0.4) is 0 Å². The first-order chi connectivity index (χ1) is 12.0. The van der Waals surface area contributed by atoms with Gasteiger partial charge in [-0.05, 0) is 11.5 Å². The molecule has 134 valence electrons. The average molecular weight is 347 g/mol. The standard InChI is InChI=1S/C18H21NO6/c1-10(21)19-15-17(23)16(22)14(9-20)25-18(15)24-13-8-4-6-11-5-2-3-7-12(11)13/h2-8,14-18,20,22-23H,9H2,1H3,(H,19,21)/t14-,15+,16-,17+,18-/m1/s1. The highest BCUT2D eigenvalue weighted by Crippen LogP contribution is 2.29. The molecule has 2 aromatic carbocycles. The molecule has 1 aliphatic rings. The molecule has 7 nitrogen and oxygen atoms in total. The number of hydrogen-bond donors (Lipinski definition) is 4. The minimum absolute atomic E-state index is 0.395. The molecular weight excluding hydrogens is 326 g/mol. The van der Waals surface area contributed by atoms with Gasteiger partial charge in [-0.2, -0.15) is 0 Å². The van der Waals surface area contributed by atoms with E-state index in [-0.39, 0.29) is 0 Å². The molecule has 0 radical (unpaired) electrons. The Balaban J connectivity index is 1.92. The maximum atomic E-state index is 11.5. The first-order valence-corrected chi connectivity index (χ1v) is 8.05. The molecule has 0 saturated carbocycles. The molecule has 0 unspecified atom stereocenters. The number of aliphatic hydroxyl groups is 3. The second-order valence-corrected chi connectivity index (χ2v) is 6.03. The number of ether oxygens (including phenoxy) is 2. The van der Waals surface area contributed by atoms with Crippen LogP contribution in [0.1, 0.15) is 6.92 Å². The molecular formula is C18H21NO6. The van der Waals surface area contributed by atoms with Crippen molar-refractivity contribution in [1.82, 2.24) is 5.32 Å². The molecule has 5 atom stereocenters. The molecule has 1 fully saturated rings. The Kier molecular flexibility index (Phi) is 5.19. The number of carbonyl (C=O) groups excluding carboxylic acids is 1. The summed E-state index contributed by atoms with van der Waals surface area (Å²) in [7, 11) is 0. The molecule has 7 heteroatoms. The summed E-state index contributed by atoms with van der Waals surface area (Å²) in [4.78, 5) is 11.5. The van der Waals surface area contributed by atoms with Crippen molar-refractivity contribution in [2.24, 2.45) is 0 Å². The van der Waals surface area contributed by atoms with Crippen LogP contribution in [0, 0.1) is 0 Å². The van der Waals surface area contributed by atoms with Gasteiger partial charge in [0.2, 0.25) is 12.2 Å². The summed E-state index contributed by atoms with van der Waals surface area (Å²) >= 11 is 0. The lowest BCUT2D eigenvalue weighted by Gasteiger charge is -2.42. The molecule has 0 spiro atoms. The third-order valence-corrected chi connectivity index (χ3v) is 4.24. The lowest BCUT2D eigenvalue weighted by molar-refractivity contribution is -0.244. The van der Waals surface area contributed by atoms with E-state index in [0.29, 0.717) is 5.75 Å². The van der Waals surface area contributed by atoms with Gasteiger partial charge >= 0.3 is 0 Å². The zero-order valence-corrected chi connectivity index (χ0v) is 13.7. The highest BCUT2D eigenvalue weighted by molar-refractivity contribution is 5.88. The van der Waals surface area contributed by atoms with Crippen LogP contribution in [-0.2, 0) is 9.53 Å². The Hall–Kier alpha value is -2.19. The highest BCUT2D eigenvalue weighted by Gasteiger charge is 2.46. The van der Waals surface area contributed by atoms with E-state index in [0.717, 1.165) is 10.8 Å². The van der Waals surface area contributed by atoms with Gasteiger partial charge in [-0.25, -0.2) is 0 Å². The van der Waals surface area contributed by atoms with E-state index in [4.69, 9.17) is 9.47 Å². The van der Waals surface area contributed by atoms with E-state index in [9.17, 15) is 20.1 Å². The van der Waals surface area contributed by atoms with Gasteiger partial charge in [0.1, 0.15) is 30.1 Å². The number of rotatable bonds is 4. The number of fused-ring (bicyclic) bond motifs is 1. The van der Waals surface area contributed by atoms with E-state index in [1.54, 1.807) is 6.07 Å². The number of hydrogen-bond acceptors (Lipinski definition) is 6. The van der Waals surface area contributed by atoms with E-state index >= 15 is 0 Å². The third-order valence-electron chi connectivity index (χ3n) is 4.24. The molecule has 1 aliphatic heterocycles. The summed E-state index contributed by atoms with van der Waals surface area (Å²) in [5.74, 6) is 0.118. The molecule has 0 aliphatic carbocycles. The largest absolute Gasteiger partial charge is 0.462 e. The molecule has 0 bridgehead atoms. The van der Waals surface area contributed by atoms with Crippen molar-refractivity contribution < 1.29 is 29.6 Å². The number of benzene rings is 2. The van der Waals surface area contributed by atoms with E-state index in [2.05, 4.69) is 5.32 Å². The fraction of sp³-hybridized carbons (Fsp3) is 0.389. The number of amides is 1. The third kappa shape index (κ3) is 3.59. The van der Waals surface area contributed by atoms with Crippen LogP contribution >= 0.6 is 0 Å². The Labute approximate surface area is 144 Å². The van der Waals surface area contributed by atoms with Crippen LogP contribution < -0.4 is 10.1 Å². The molecule has 1 saturated heterocycles. The van der Waals surface area contributed by atoms with Crippen LogP contribution in [-0.4, -0.2) is 58.5 Å². The zero-order valence-electron chi connectivity index (χ0n) is 13.7. The summed E-state index contributed by atoms with van der Waals surface area (Å²) in [6, 6.07) is 12.1. The topological polar surface area (TPSA) is 108 Å². The number of nitrogens with one attached hydrogen (secondary N) is 1. The lowest BCUT2D eigenvalue weighted by Crippen LogP contribution is -2.65. The van der Waals surface area contributed by atoms with Gasteiger partial charge in [0.05, 0.1) is 6.61 Å². The van der Waals surface area contributed by atoms with Crippen molar-refractivity contribution in [2.45, 2.75) is 37.6 Å². The fourth-order valence-corrected chi connectivity index (χ4v) is 2.99. The van der Waals surface area contributed by atoms with Crippen LogP contribution in [0.5, 0.6) is 5.75 Å². The highest BCUT2D eigenvalue weighted by atomic mass is 16.7. The van der Waals surface area contributed by atoms with Crippen molar-refractivity contribution in [2.75, 3.05) is 6.61 Å². The lowest BCUT2D eigenvalue weighted by atomic mass is 9.97. The molecule has 25 heavy (non-hydrogen) atoms. The molecule has 0 aromatic heterocycles. The van der Waals surface area contributed by atoms with E-state index in [1.165, 1.54) is 6.92 Å². The molecule has 1 amide bonds. The number of carbonyl (C=O) groups is 1. The summed E-state index contributed by atoms with van der Waals surface area (Å²) in [5, 5.41) is 34.1. The minimum atomic E-state index is -1.34. The summed E-state index contributed by atoms with van der Waals surface area (Å²) in [6.45, 7) is 0.812. The summed E-state index contributed by atoms with van der Waals surface area (Å²) in [5.41, 5.74) is 0. The van der Waals surface area contributed by atoms with Crippen molar-refractivity contribution in [3.63, 3.8) is 0 Å². The second-order valence-electron chi connectivity index (χ2n) is 6.03. The predicted octanol–water partition coefficient (Wildman–Crippen LogP) is 0.162. The Morgan fingerprint density at radius 3 is 2.60 bits per heavy atom. The van der Waals surface area contributed by atoms with Crippen LogP contribution in [0.15, 0.2) is 42.5 Å². The Morgan fingerprint density at radius 2 is 1.88 bits per heavy atom. The zero-order chi connectivity index (χ0) is 18.0. The Morgan fingerprint density at radius 1 is 1.16 bits per heavy atom. The maximum Gasteiger partial charge on any atom is 0.223 e. The first-order valence-electron chi connectivity index (χ1n) is 8.05. The average Bonchev–Trinajstić information content (AvgIpc) is 2.61. The van der Waals surface area contributed by atoms with E-state index in [1.807, 2.05) is 36.4 Å². The van der Waals surface area contributed by atoms with Crippen LogP contribution in [0.25, 0.3) is 10.8 Å². The smallest absolute Gasteiger partial charge is 0.223 e. The normalized spacial score (nSPS) is 29.4. The Bertz CT molecular complexity index is 746. The summed E-state index contributed by atoms with van der Waals surface area (Å²) in [6.07, 6.45) is -4.76. The van der Waals surface area contributed by atoms with Gasteiger partial charge in [0.15, 0.2) is 0 Å². The van der Waals surface area contributed by atoms with Crippen LogP contribution in [0.2, 0.25) is 0 Å². The molecule has 1 heterocycles. The van der Waals surface area contributed by atoms with Crippen molar-refractivity contribution >= 4 is 16.7 Å². The molecule has 3 rings (SSSR count). The monoisotopic (exact) mass is 347 g/mol. The van der Waals surface area contributed by atoms with Gasteiger partial charge in [-0.3, -0.25) is 4.79 Å². The number of aliphatic hydroxyl groups excluding tert-OH is 3. The predicted molar refractivity (Wildman–Crippen MR) is 89.9 cm³/mol. The minimum Gasteiger partial charge on any atom is -0.462 e. The van der Waals surface area contributed by atoms with Crippen molar-refractivity contribution in [3.05, 3.63) is 42.5 Å². The van der Waals surface area contributed by atoms with Crippen molar-refractivity contribution in [3.8, 4) is 5.75 Å². The van der Waals surface area contributed by atoms with Gasteiger partial charge in [-0.15, -0.1) is 0 Å². The molecule has 2 aromatic rings. The maximum absolute atomic E-state index is 11.5. The second kappa shape index (κ2) is 7.37. The summed E-state index contributed by atoms with van der Waals surface area (Å²) < 4.78 is 11.5. The van der Waals surface area contributed by atoms with Crippen LogP contribution in [0.4, 0.5) is 0 Å². The van der Waals surface area contributed by atoms with Crippen molar-refractivity contribution in [1.29, 1.82) is 0 Å². The van der Waals surface area contributed by atoms with Gasteiger partial charge < -0.3 is 30.1 Å².